The van der Waals surface area contributed by atoms with Crippen LogP contribution in [0.1, 0.15) is 6.92 Å². The number of fused-ring (bicyclic) bond motifs is 1. The van der Waals surface area contributed by atoms with E-state index in [1.165, 1.54) is 0 Å². The molecule has 106 valence electrons. The first-order chi connectivity index (χ1) is 9.86. The number of rotatable bonds is 4. The molecule has 5 nitrogen and oxygen atoms in total. The molecule has 1 saturated heterocycles. The van der Waals surface area contributed by atoms with Crippen LogP contribution in [0.5, 0.6) is 0 Å². The van der Waals surface area contributed by atoms with E-state index in [-0.39, 0.29) is 6.10 Å². The van der Waals surface area contributed by atoms with E-state index in [1.54, 1.807) is 6.20 Å². The summed E-state index contributed by atoms with van der Waals surface area (Å²) in [5, 5.41) is 13.8. The van der Waals surface area contributed by atoms with E-state index in [0.29, 0.717) is 0 Å². The van der Waals surface area contributed by atoms with Gasteiger partial charge in [0.25, 0.3) is 0 Å². The molecule has 0 aliphatic carbocycles. The van der Waals surface area contributed by atoms with E-state index in [1.807, 2.05) is 18.2 Å². The van der Waals surface area contributed by atoms with Gasteiger partial charge in [-0.15, -0.1) is 5.10 Å². The van der Waals surface area contributed by atoms with Gasteiger partial charge in [-0.1, -0.05) is 31.2 Å². The fourth-order valence-electron chi connectivity index (χ4n) is 2.56. The summed E-state index contributed by atoms with van der Waals surface area (Å²) in [7, 11) is 0. The Morgan fingerprint density at radius 2 is 2.30 bits per heavy atom. The second-order valence-electron chi connectivity index (χ2n) is 5.05. The Morgan fingerprint density at radius 1 is 1.40 bits per heavy atom. The molecule has 2 aromatic rings. The zero-order valence-corrected chi connectivity index (χ0v) is 11.7. The van der Waals surface area contributed by atoms with Crippen molar-refractivity contribution in [1.82, 2.24) is 15.1 Å². The number of hydrogen-bond donors (Lipinski definition) is 1. The van der Waals surface area contributed by atoms with E-state index in [0.717, 1.165) is 49.4 Å². The van der Waals surface area contributed by atoms with E-state index in [9.17, 15) is 0 Å². The zero-order chi connectivity index (χ0) is 13.8. The van der Waals surface area contributed by atoms with Gasteiger partial charge in [-0.25, -0.2) is 0 Å². The van der Waals surface area contributed by atoms with Gasteiger partial charge in [0.15, 0.2) is 5.82 Å². The minimum atomic E-state index is 0.212. The molecule has 3 rings (SSSR count). The fraction of sp³-hybridized carbons (Fsp3) is 0.467. The number of nitrogens with zero attached hydrogens (tertiary/aromatic N) is 3. The summed E-state index contributed by atoms with van der Waals surface area (Å²) in [4.78, 5) is 2.41. The summed E-state index contributed by atoms with van der Waals surface area (Å²) < 4.78 is 5.79. The Balaban J connectivity index is 1.68. The smallest absolute Gasteiger partial charge is 0.156 e. The van der Waals surface area contributed by atoms with Crippen molar-refractivity contribution in [1.29, 1.82) is 0 Å². The molecular formula is C15H20N4O. The first kappa shape index (κ1) is 13.3. The van der Waals surface area contributed by atoms with E-state index >= 15 is 0 Å². The maximum absolute atomic E-state index is 5.79. The van der Waals surface area contributed by atoms with Gasteiger partial charge in [0.2, 0.25) is 0 Å². The van der Waals surface area contributed by atoms with Gasteiger partial charge in [0.05, 0.1) is 18.9 Å². The predicted octanol–water partition coefficient (Wildman–Crippen LogP) is 1.76. The lowest BCUT2D eigenvalue weighted by molar-refractivity contribution is -0.0192. The number of anilines is 1. The maximum atomic E-state index is 5.79. The summed E-state index contributed by atoms with van der Waals surface area (Å²) >= 11 is 0. The molecule has 0 bridgehead atoms. The van der Waals surface area contributed by atoms with Crippen molar-refractivity contribution in [2.24, 2.45) is 0 Å². The average Bonchev–Trinajstić information content (AvgIpc) is 2.53. The molecule has 1 aliphatic rings. The van der Waals surface area contributed by atoms with Crippen LogP contribution in [0.15, 0.2) is 30.5 Å². The third-order valence-corrected chi connectivity index (χ3v) is 3.74. The molecule has 1 N–H and O–H groups in total. The highest BCUT2D eigenvalue weighted by molar-refractivity contribution is 5.90. The number of ether oxygens (including phenoxy) is 1. The Bertz CT molecular complexity index is 569. The zero-order valence-electron chi connectivity index (χ0n) is 11.7. The van der Waals surface area contributed by atoms with Gasteiger partial charge in [0.1, 0.15) is 0 Å². The molecule has 1 aromatic carbocycles. The van der Waals surface area contributed by atoms with Crippen molar-refractivity contribution in [3.05, 3.63) is 30.5 Å². The van der Waals surface area contributed by atoms with Gasteiger partial charge in [-0.2, -0.15) is 5.10 Å². The standard InChI is InChI=1S/C15H20N4O/c1-2-19-7-8-20-13(11-19)10-16-15-14-6-4-3-5-12(14)9-17-18-15/h3-6,9,13H,2,7-8,10-11H2,1H3,(H,16,18). The average molecular weight is 272 g/mol. The van der Waals surface area contributed by atoms with E-state index in [2.05, 4.69) is 33.4 Å². The van der Waals surface area contributed by atoms with Crippen molar-refractivity contribution >= 4 is 16.6 Å². The molecular weight excluding hydrogens is 252 g/mol. The number of nitrogens with one attached hydrogen (secondary N) is 1. The Hall–Kier alpha value is -1.72. The number of aromatic nitrogens is 2. The SMILES string of the molecule is CCN1CCOC(CNc2nncc3ccccc23)C1. The van der Waals surface area contributed by atoms with Gasteiger partial charge in [-0.05, 0) is 6.54 Å². The van der Waals surface area contributed by atoms with Crippen LogP contribution in [-0.2, 0) is 4.74 Å². The molecule has 1 unspecified atom stereocenters. The van der Waals surface area contributed by atoms with Crippen LogP contribution in [0.4, 0.5) is 5.82 Å². The van der Waals surface area contributed by atoms with Crippen LogP contribution in [0.2, 0.25) is 0 Å². The highest BCUT2D eigenvalue weighted by atomic mass is 16.5. The van der Waals surface area contributed by atoms with Crippen molar-refractivity contribution in [3.63, 3.8) is 0 Å². The molecule has 0 saturated carbocycles. The molecule has 0 amide bonds. The number of morpholine rings is 1. The topological polar surface area (TPSA) is 50.3 Å². The molecule has 0 spiro atoms. The number of hydrogen-bond acceptors (Lipinski definition) is 5. The summed E-state index contributed by atoms with van der Waals surface area (Å²) in [5.74, 6) is 0.834. The first-order valence-corrected chi connectivity index (χ1v) is 7.15. The Kier molecular flexibility index (Phi) is 4.08. The van der Waals surface area contributed by atoms with E-state index in [4.69, 9.17) is 4.74 Å². The minimum absolute atomic E-state index is 0.212. The monoisotopic (exact) mass is 272 g/mol. The van der Waals surface area contributed by atoms with Gasteiger partial charge >= 0.3 is 0 Å². The molecule has 1 aliphatic heterocycles. The summed E-state index contributed by atoms with van der Waals surface area (Å²) in [6.45, 7) is 6.84. The van der Waals surface area contributed by atoms with Crippen LogP contribution in [0.3, 0.4) is 0 Å². The van der Waals surface area contributed by atoms with Crippen LogP contribution < -0.4 is 5.32 Å². The van der Waals surface area contributed by atoms with Crippen molar-refractivity contribution < 1.29 is 4.74 Å². The summed E-state index contributed by atoms with van der Waals surface area (Å²) in [5.41, 5.74) is 0. The van der Waals surface area contributed by atoms with Crippen LogP contribution in [0, 0.1) is 0 Å². The molecule has 0 radical (unpaired) electrons. The largest absolute Gasteiger partial charge is 0.374 e. The van der Waals surface area contributed by atoms with Crippen LogP contribution in [-0.4, -0.2) is 54.0 Å². The first-order valence-electron chi connectivity index (χ1n) is 7.15. The highest BCUT2D eigenvalue weighted by Gasteiger charge is 2.19. The summed E-state index contributed by atoms with van der Waals surface area (Å²) in [6, 6.07) is 8.14. The van der Waals surface area contributed by atoms with E-state index < -0.39 is 0 Å². The van der Waals surface area contributed by atoms with Crippen molar-refractivity contribution in [2.45, 2.75) is 13.0 Å². The Labute approximate surface area is 118 Å². The molecule has 2 heterocycles. The molecule has 5 heteroatoms. The lowest BCUT2D eigenvalue weighted by atomic mass is 10.2. The second kappa shape index (κ2) is 6.15. The van der Waals surface area contributed by atoms with Crippen LogP contribution >= 0.6 is 0 Å². The summed E-state index contributed by atoms with van der Waals surface area (Å²) in [6.07, 6.45) is 2.00. The van der Waals surface area contributed by atoms with Gasteiger partial charge in [-0.3, -0.25) is 4.90 Å². The Morgan fingerprint density at radius 3 is 3.20 bits per heavy atom. The second-order valence-corrected chi connectivity index (χ2v) is 5.05. The molecule has 20 heavy (non-hydrogen) atoms. The van der Waals surface area contributed by atoms with Gasteiger partial charge in [0, 0.05) is 30.4 Å². The van der Waals surface area contributed by atoms with Gasteiger partial charge < -0.3 is 10.1 Å². The maximum Gasteiger partial charge on any atom is 0.156 e. The third-order valence-electron chi connectivity index (χ3n) is 3.74. The van der Waals surface area contributed by atoms with Crippen molar-refractivity contribution in [2.75, 3.05) is 38.1 Å². The van der Waals surface area contributed by atoms with Crippen LogP contribution in [0.25, 0.3) is 10.8 Å². The number of likely N-dealkylation sites (N-methyl/N-ethyl adjacent to an activating group) is 1. The fourth-order valence-corrected chi connectivity index (χ4v) is 2.56. The molecule has 1 aromatic heterocycles. The molecule has 1 atom stereocenters. The van der Waals surface area contributed by atoms with Crippen molar-refractivity contribution in [3.8, 4) is 0 Å². The predicted molar refractivity (Wildman–Crippen MR) is 79.9 cm³/mol. The third kappa shape index (κ3) is 2.89. The minimum Gasteiger partial charge on any atom is -0.374 e. The highest BCUT2D eigenvalue weighted by Crippen LogP contribution is 2.19. The number of benzene rings is 1. The quantitative estimate of drug-likeness (QED) is 0.919. The lowest BCUT2D eigenvalue weighted by Crippen LogP contribution is -2.45. The lowest BCUT2D eigenvalue weighted by Gasteiger charge is -2.32. The molecule has 1 fully saturated rings. The normalized spacial score (nSPS) is 20.1.